The Morgan fingerprint density at radius 2 is 1.59 bits per heavy atom. The van der Waals surface area contributed by atoms with Crippen molar-refractivity contribution >= 4 is 29.8 Å². The fourth-order valence-electron chi connectivity index (χ4n) is 1.86. The number of cyclic esters (lactones) is 1. The van der Waals surface area contributed by atoms with Crippen LogP contribution in [-0.4, -0.2) is 59.4 Å². The lowest BCUT2D eigenvalue weighted by Gasteiger charge is -2.24. The molecule has 1 fully saturated rings. The van der Waals surface area contributed by atoms with E-state index in [-0.39, 0.29) is 0 Å². The Kier molecular flexibility index (Phi) is 5.44. The van der Waals surface area contributed by atoms with Crippen LogP contribution < -0.4 is 0 Å². The minimum absolute atomic E-state index is 0.862. The van der Waals surface area contributed by atoms with Crippen LogP contribution in [0.25, 0.3) is 0 Å². The monoisotopic (exact) mass is 318 g/mol. The van der Waals surface area contributed by atoms with Crippen LogP contribution in [0, 0.1) is 0 Å². The van der Waals surface area contributed by atoms with E-state index in [0.29, 0.717) is 0 Å². The maximum Gasteiger partial charge on any atom is 0.352 e. The third-order valence-electron chi connectivity index (χ3n) is 2.54. The largest absolute Gasteiger partial charge is 0.478 e. The van der Waals surface area contributed by atoms with Crippen molar-refractivity contribution in [3.05, 3.63) is 0 Å². The van der Waals surface area contributed by atoms with E-state index < -0.39 is 54.3 Å². The van der Waals surface area contributed by atoms with Gasteiger partial charge in [-0.05, 0) is 0 Å². The van der Waals surface area contributed by atoms with Gasteiger partial charge >= 0.3 is 29.8 Å². The summed E-state index contributed by atoms with van der Waals surface area (Å²) in [5, 5.41) is 9.07. The summed E-state index contributed by atoms with van der Waals surface area (Å²) in [6.45, 7) is 2.97. The summed E-state index contributed by atoms with van der Waals surface area (Å²) in [5.74, 6) is -5.39. The average molecular weight is 318 g/mol. The summed E-state index contributed by atoms with van der Waals surface area (Å²) >= 11 is 0. The topological polar surface area (TPSA) is 143 Å². The molecule has 1 saturated heterocycles. The number of esters is 4. The first-order valence-electron chi connectivity index (χ1n) is 6.08. The van der Waals surface area contributed by atoms with Crippen molar-refractivity contribution < 1.29 is 48.0 Å². The summed E-state index contributed by atoms with van der Waals surface area (Å²) in [6.07, 6.45) is -6.73. The second-order valence-corrected chi connectivity index (χ2v) is 4.37. The molecule has 1 rings (SSSR count). The summed E-state index contributed by atoms with van der Waals surface area (Å²) in [5.41, 5.74) is 0. The lowest BCUT2D eigenvalue weighted by atomic mass is 10.1. The summed E-state index contributed by atoms with van der Waals surface area (Å²) in [7, 11) is 0. The molecule has 1 aliphatic rings. The molecule has 0 saturated carbocycles. The zero-order valence-electron chi connectivity index (χ0n) is 11.9. The van der Waals surface area contributed by atoms with E-state index in [9.17, 15) is 24.0 Å². The molecule has 4 atom stereocenters. The first-order chi connectivity index (χ1) is 10.1. The SMILES string of the molecule is CC(=O)O[C@H]1[C@@H]([C@H](OC(C)=O)C(=O)O)OC(=O)[C@@H]1OC(C)=O. The first-order valence-corrected chi connectivity index (χ1v) is 6.08. The zero-order valence-corrected chi connectivity index (χ0v) is 11.9. The maximum atomic E-state index is 11.7. The molecule has 0 aromatic rings. The fourth-order valence-corrected chi connectivity index (χ4v) is 1.86. The quantitative estimate of drug-likeness (QED) is 0.484. The van der Waals surface area contributed by atoms with E-state index in [2.05, 4.69) is 9.47 Å². The molecular formula is C12H14O10. The van der Waals surface area contributed by atoms with Crippen LogP contribution in [0.5, 0.6) is 0 Å². The Balaban J connectivity index is 3.11. The van der Waals surface area contributed by atoms with Crippen LogP contribution in [0.4, 0.5) is 0 Å². The van der Waals surface area contributed by atoms with E-state index in [0.717, 1.165) is 20.8 Å². The Morgan fingerprint density at radius 3 is 2.00 bits per heavy atom. The highest BCUT2D eigenvalue weighted by Gasteiger charge is 2.55. The van der Waals surface area contributed by atoms with Gasteiger partial charge in [0.2, 0.25) is 12.2 Å². The van der Waals surface area contributed by atoms with E-state index in [4.69, 9.17) is 14.6 Å². The van der Waals surface area contributed by atoms with Crippen molar-refractivity contribution in [2.75, 3.05) is 0 Å². The molecule has 1 aliphatic heterocycles. The van der Waals surface area contributed by atoms with Crippen LogP contribution in [0.2, 0.25) is 0 Å². The van der Waals surface area contributed by atoms with Crippen LogP contribution in [0.15, 0.2) is 0 Å². The molecule has 1 heterocycles. The highest BCUT2D eigenvalue weighted by molar-refractivity contribution is 5.85. The number of hydrogen-bond donors (Lipinski definition) is 1. The zero-order chi connectivity index (χ0) is 17.0. The number of carbonyl (C=O) groups excluding carboxylic acids is 4. The third kappa shape index (κ3) is 4.17. The number of rotatable bonds is 5. The predicted octanol–water partition coefficient (Wildman–Crippen LogP) is -1.21. The second kappa shape index (κ2) is 6.87. The predicted molar refractivity (Wildman–Crippen MR) is 64.2 cm³/mol. The van der Waals surface area contributed by atoms with E-state index in [1.807, 2.05) is 0 Å². The lowest BCUT2D eigenvalue weighted by molar-refractivity contribution is -0.181. The molecule has 0 unspecified atom stereocenters. The second-order valence-electron chi connectivity index (χ2n) is 4.37. The molecule has 0 aromatic carbocycles. The Morgan fingerprint density at radius 1 is 1.05 bits per heavy atom. The van der Waals surface area contributed by atoms with Crippen molar-refractivity contribution in [2.45, 2.75) is 45.2 Å². The van der Waals surface area contributed by atoms with Gasteiger partial charge in [-0.2, -0.15) is 0 Å². The molecule has 122 valence electrons. The molecule has 1 N–H and O–H groups in total. The maximum absolute atomic E-state index is 11.7. The van der Waals surface area contributed by atoms with E-state index >= 15 is 0 Å². The smallest absolute Gasteiger partial charge is 0.352 e. The standard InChI is InChI=1S/C12H14O10/c1-4(13)19-8-7(9(11(16)17)20-5(2)14)22-12(18)10(8)21-6(3)15/h7-10H,1-3H3,(H,16,17)/t7-,8-,9-,10+/m0/s1. The first kappa shape index (κ1) is 17.4. The number of ether oxygens (including phenoxy) is 4. The van der Waals surface area contributed by atoms with Gasteiger partial charge in [-0.25, -0.2) is 9.59 Å². The van der Waals surface area contributed by atoms with Gasteiger partial charge in [0, 0.05) is 20.8 Å². The number of carbonyl (C=O) groups is 5. The minimum Gasteiger partial charge on any atom is -0.478 e. The Bertz CT molecular complexity index is 510. The molecule has 0 radical (unpaired) electrons. The van der Waals surface area contributed by atoms with Gasteiger partial charge in [-0.1, -0.05) is 0 Å². The molecule has 0 aliphatic carbocycles. The van der Waals surface area contributed by atoms with Crippen LogP contribution in [-0.2, 0) is 42.9 Å². The normalized spacial score (nSPS) is 24.9. The lowest BCUT2D eigenvalue weighted by Crippen LogP contribution is -2.47. The fraction of sp³-hybridized carbons (Fsp3) is 0.583. The molecule has 22 heavy (non-hydrogen) atoms. The highest BCUT2D eigenvalue weighted by atomic mass is 16.7. The summed E-state index contributed by atoms with van der Waals surface area (Å²) < 4.78 is 18.8. The summed E-state index contributed by atoms with van der Waals surface area (Å²) in [6, 6.07) is 0. The van der Waals surface area contributed by atoms with Crippen LogP contribution >= 0.6 is 0 Å². The Labute approximate surface area is 124 Å². The molecular weight excluding hydrogens is 304 g/mol. The van der Waals surface area contributed by atoms with Crippen LogP contribution in [0.3, 0.4) is 0 Å². The minimum atomic E-state index is -1.91. The van der Waals surface area contributed by atoms with Gasteiger partial charge in [-0.15, -0.1) is 0 Å². The summed E-state index contributed by atoms with van der Waals surface area (Å²) in [4.78, 5) is 55.9. The van der Waals surface area contributed by atoms with Crippen molar-refractivity contribution in [1.29, 1.82) is 0 Å². The third-order valence-corrected chi connectivity index (χ3v) is 2.54. The van der Waals surface area contributed by atoms with Gasteiger partial charge in [0.25, 0.3) is 0 Å². The Hall–Kier alpha value is -2.65. The van der Waals surface area contributed by atoms with Gasteiger partial charge in [0.15, 0.2) is 12.2 Å². The molecule has 0 aromatic heterocycles. The molecule has 10 nitrogen and oxygen atoms in total. The van der Waals surface area contributed by atoms with Gasteiger partial charge in [-0.3, -0.25) is 14.4 Å². The molecule has 10 heteroatoms. The average Bonchev–Trinajstić information content (AvgIpc) is 2.63. The van der Waals surface area contributed by atoms with Crippen LogP contribution in [0.1, 0.15) is 20.8 Å². The van der Waals surface area contributed by atoms with Crippen molar-refractivity contribution in [3.8, 4) is 0 Å². The molecule has 0 amide bonds. The number of carboxylic acid groups (broad SMARTS) is 1. The molecule has 0 spiro atoms. The van der Waals surface area contributed by atoms with Gasteiger partial charge in [0.05, 0.1) is 0 Å². The number of aliphatic carboxylic acids is 1. The number of hydrogen-bond acceptors (Lipinski definition) is 9. The van der Waals surface area contributed by atoms with E-state index in [1.165, 1.54) is 0 Å². The molecule has 0 bridgehead atoms. The van der Waals surface area contributed by atoms with Crippen molar-refractivity contribution in [3.63, 3.8) is 0 Å². The highest BCUT2D eigenvalue weighted by Crippen LogP contribution is 2.26. The van der Waals surface area contributed by atoms with Crippen molar-refractivity contribution in [1.82, 2.24) is 0 Å². The van der Waals surface area contributed by atoms with Gasteiger partial charge in [0.1, 0.15) is 0 Å². The number of carboxylic acids is 1. The van der Waals surface area contributed by atoms with Gasteiger partial charge < -0.3 is 24.1 Å². The van der Waals surface area contributed by atoms with E-state index in [1.54, 1.807) is 0 Å². The van der Waals surface area contributed by atoms with Crippen molar-refractivity contribution in [2.24, 2.45) is 0 Å².